The molecule has 2 fully saturated rings. The molecule has 46 heavy (non-hydrogen) atoms. The van der Waals surface area contributed by atoms with Crippen molar-refractivity contribution in [1.82, 2.24) is 24.1 Å². The fraction of sp³-hybridized carbons (Fsp3) is 0.286. The molecule has 7 rings (SSSR count). The first-order valence-corrected chi connectivity index (χ1v) is 16.8. The van der Waals surface area contributed by atoms with Crippen molar-refractivity contribution in [2.75, 3.05) is 13.1 Å². The van der Waals surface area contributed by atoms with Crippen molar-refractivity contribution in [1.29, 1.82) is 0 Å². The standard InChI is InChI=1S/C35H35N5O5S/c1-35(2,3)31(37-32(41)28-17-22-11-7-9-15-27(22)36-28)34(43)39-21-24-19-25(39)20-38(24)33(42)30-18-23-12-8-10-16-29(23)40(30)46(44,45)26-13-5-4-6-14-26/h4-18,24-25,31,36H,19-21H2,1-3H3,(H,37,41)/t24-,25?,31+/m0/s1. The van der Waals surface area contributed by atoms with Crippen LogP contribution in [0.1, 0.15) is 48.2 Å². The molecule has 4 heterocycles. The fourth-order valence-corrected chi connectivity index (χ4v) is 8.31. The average molecular weight is 638 g/mol. The molecule has 2 bridgehead atoms. The maximum atomic E-state index is 14.1. The molecule has 3 atom stereocenters. The molecular formula is C35H35N5O5S. The Labute approximate surface area is 267 Å². The van der Waals surface area contributed by atoms with Crippen LogP contribution in [0, 0.1) is 5.41 Å². The molecule has 0 spiro atoms. The van der Waals surface area contributed by atoms with Crippen LogP contribution in [0.3, 0.4) is 0 Å². The Balaban J connectivity index is 1.13. The number of para-hydroxylation sites is 2. The normalized spacial score (nSPS) is 18.8. The molecule has 2 aromatic heterocycles. The summed E-state index contributed by atoms with van der Waals surface area (Å²) in [5, 5.41) is 4.52. The molecule has 3 aromatic carbocycles. The molecule has 5 aromatic rings. The van der Waals surface area contributed by atoms with Gasteiger partial charge in [-0.2, -0.15) is 0 Å². The third kappa shape index (κ3) is 4.95. The van der Waals surface area contributed by atoms with E-state index in [1.54, 1.807) is 64.4 Å². The summed E-state index contributed by atoms with van der Waals surface area (Å²) < 4.78 is 28.9. The minimum Gasteiger partial charge on any atom is -0.351 e. The second-order valence-electron chi connectivity index (χ2n) is 13.2. The topological polar surface area (TPSA) is 125 Å². The third-order valence-electron chi connectivity index (χ3n) is 9.11. The number of carbonyl (C=O) groups is 3. The summed E-state index contributed by atoms with van der Waals surface area (Å²) in [5.41, 5.74) is 1.12. The van der Waals surface area contributed by atoms with E-state index in [1.807, 2.05) is 45.0 Å². The lowest BCUT2D eigenvalue weighted by atomic mass is 9.85. The lowest BCUT2D eigenvalue weighted by Crippen LogP contribution is -2.59. The highest BCUT2D eigenvalue weighted by atomic mass is 32.2. The number of hydrogen-bond acceptors (Lipinski definition) is 5. The number of H-pyrrole nitrogens is 1. The number of benzene rings is 3. The number of carbonyl (C=O) groups excluding carboxylic acids is 3. The maximum Gasteiger partial charge on any atom is 0.271 e. The molecule has 0 saturated carbocycles. The lowest BCUT2D eigenvalue weighted by Gasteiger charge is -2.39. The van der Waals surface area contributed by atoms with Crippen molar-refractivity contribution in [2.24, 2.45) is 5.41 Å². The Morgan fingerprint density at radius 1 is 0.826 bits per heavy atom. The second-order valence-corrected chi connectivity index (χ2v) is 15.0. The van der Waals surface area contributed by atoms with Crippen LogP contribution in [0.15, 0.2) is 95.9 Å². The van der Waals surface area contributed by atoms with Gasteiger partial charge < -0.3 is 20.1 Å². The van der Waals surface area contributed by atoms with Crippen molar-refractivity contribution in [3.63, 3.8) is 0 Å². The van der Waals surface area contributed by atoms with E-state index in [0.717, 1.165) is 14.9 Å². The van der Waals surface area contributed by atoms with E-state index < -0.39 is 27.4 Å². The molecule has 3 amide bonds. The zero-order valence-corrected chi connectivity index (χ0v) is 26.6. The molecule has 2 N–H and O–H groups in total. The minimum absolute atomic E-state index is 0.0636. The van der Waals surface area contributed by atoms with Gasteiger partial charge in [0.05, 0.1) is 22.5 Å². The maximum absolute atomic E-state index is 14.1. The number of aromatic nitrogens is 2. The highest BCUT2D eigenvalue weighted by Gasteiger charge is 2.50. The van der Waals surface area contributed by atoms with Crippen LogP contribution in [0.5, 0.6) is 0 Å². The number of nitrogens with zero attached hydrogens (tertiary/aromatic N) is 3. The van der Waals surface area contributed by atoms with E-state index in [-0.39, 0.29) is 41.0 Å². The van der Waals surface area contributed by atoms with E-state index in [4.69, 9.17) is 0 Å². The zero-order valence-electron chi connectivity index (χ0n) is 25.8. The largest absolute Gasteiger partial charge is 0.351 e. The first-order chi connectivity index (χ1) is 21.9. The monoisotopic (exact) mass is 637 g/mol. The Morgan fingerprint density at radius 2 is 1.46 bits per heavy atom. The lowest BCUT2D eigenvalue weighted by molar-refractivity contribution is -0.138. The van der Waals surface area contributed by atoms with Gasteiger partial charge >= 0.3 is 0 Å². The van der Waals surface area contributed by atoms with Gasteiger partial charge in [0, 0.05) is 29.4 Å². The van der Waals surface area contributed by atoms with Crippen molar-refractivity contribution >= 4 is 49.6 Å². The minimum atomic E-state index is -4.07. The van der Waals surface area contributed by atoms with Gasteiger partial charge in [-0.25, -0.2) is 12.4 Å². The van der Waals surface area contributed by atoms with Gasteiger partial charge in [0.2, 0.25) is 5.91 Å². The summed E-state index contributed by atoms with van der Waals surface area (Å²) in [5.74, 6) is -0.954. The van der Waals surface area contributed by atoms with Crippen LogP contribution >= 0.6 is 0 Å². The fourth-order valence-electron chi connectivity index (χ4n) is 6.79. The smallest absolute Gasteiger partial charge is 0.271 e. The zero-order chi connectivity index (χ0) is 32.4. The number of fused-ring (bicyclic) bond motifs is 4. The number of nitrogens with one attached hydrogen (secondary N) is 2. The molecule has 2 aliphatic heterocycles. The molecular weight excluding hydrogens is 602 g/mol. The molecule has 11 heteroatoms. The van der Waals surface area contributed by atoms with Crippen LogP contribution < -0.4 is 5.32 Å². The molecule has 2 aliphatic rings. The number of amides is 3. The van der Waals surface area contributed by atoms with Crippen LogP contribution in [0.25, 0.3) is 21.8 Å². The van der Waals surface area contributed by atoms with Gasteiger partial charge in [-0.3, -0.25) is 14.4 Å². The first-order valence-electron chi connectivity index (χ1n) is 15.3. The van der Waals surface area contributed by atoms with Crippen LogP contribution in [0.2, 0.25) is 0 Å². The highest BCUT2D eigenvalue weighted by molar-refractivity contribution is 7.90. The number of likely N-dealkylation sites (tertiary alicyclic amines) is 2. The Kier molecular flexibility index (Phi) is 7.04. The van der Waals surface area contributed by atoms with Crippen LogP contribution in [-0.2, 0) is 14.8 Å². The molecule has 0 aliphatic carbocycles. The van der Waals surface area contributed by atoms with Gasteiger partial charge in [-0.15, -0.1) is 0 Å². The summed E-state index contributed by atoms with van der Waals surface area (Å²) in [6, 6.07) is 24.8. The molecule has 236 valence electrons. The van der Waals surface area contributed by atoms with Gasteiger partial charge in [0.15, 0.2) is 0 Å². The summed E-state index contributed by atoms with van der Waals surface area (Å²) in [6.45, 7) is 6.32. The van der Waals surface area contributed by atoms with Gasteiger partial charge in [-0.05, 0) is 48.2 Å². The predicted octanol–water partition coefficient (Wildman–Crippen LogP) is 4.63. The van der Waals surface area contributed by atoms with E-state index in [1.165, 1.54) is 12.1 Å². The number of aromatic amines is 1. The number of hydrogen-bond donors (Lipinski definition) is 2. The van der Waals surface area contributed by atoms with Gasteiger partial charge in [0.1, 0.15) is 17.4 Å². The summed E-state index contributed by atoms with van der Waals surface area (Å²) >= 11 is 0. The van der Waals surface area contributed by atoms with Crippen LogP contribution in [0.4, 0.5) is 0 Å². The Morgan fingerprint density at radius 3 is 2.13 bits per heavy atom. The highest BCUT2D eigenvalue weighted by Crippen LogP contribution is 2.36. The Bertz CT molecular complexity index is 2080. The summed E-state index contributed by atoms with van der Waals surface area (Å²) in [7, 11) is -4.07. The van der Waals surface area contributed by atoms with Crippen molar-refractivity contribution in [3.8, 4) is 0 Å². The van der Waals surface area contributed by atoms with Crippen LogP contribution in [-0.4, -0.2) is 76.1 Å². The van der Waals surface area contributed by atoms with E-state index in [0.29, 0.717) is 29.6 Å². The third-order valence-corrected chi connectivity index (χ3v) is 10.9. The second kappa shape index (κ2) is 10.9. The SMILES string of the molecule is CC(C)(C)[C@H](NC(=O)c1cc2ccccc2[nH]1)C(=O)N1C[C@@H]2CC1CN2C(=O)c1cc2ccccc2n1S(=O)(=O)c1ccccc1. The van der Waals surface area contributed by atoms with Crippen molar-refractivity contribution < 1.29 is 22.8 Å². The summed E-state index contributed by atoms with van der Waals surface area (Å²) in [6.07, 6.45) is 0.579. The van der Waals surface area contributed by atoms with Crippen molar-refractivity contribution in [2.45, 2.75) is 50.2 Å². The predicted molar refractivity (Wildman–Crippen MR) is 175 cm³/mol. The van der Waals surface area contributed by atoms with Gasteiger partial charge in [-0.1, -0.05) is 75.4 Å². The van der Waals surface area contributed by atoms with E-state index in [2.05, 4.69) is 10.3 Å². The first kappa shape index (κ1) is 29.8. The molecule has 2 saturated heterocycles. The molecule has 10 nitrogen and oxygen atoms in total. The average Bonchev–Trinajstić information content (AvgIpc) is 3.84. The molecule has 1 unspecified atom stereocenters. The van der Waals surface area contributed by atoms with E-state index in [9.17, 15) is 22.8 Å². The Hall–Kier alpha value is -4.90. The van der Waals surface area contributed by atoms with Crippen molar-refractivity contribution in [3.05, 3.63) is 102 Å². The van der Waals surface area contributed by atoms with E-state index >= 15 is 0 Å². The molecule has 0 radical (unpaired) electrons. The number of rotatable bonds is 6. The van der Waals surface area contributed by atoms with Gasteiger partial charge in [0.25, 0.3) is 21.8 Å². The summed E-state index contributed by atoms with van der Waals surface area (Å²) in [4.78, 5) is 48.2. The quantitative estimate of drug-likeness (QED) is 0.281. The number of piperazine rings is 1.